The normalized spacial score (nSPS) is 29.4. The number of anilines is 2. The standard InChI is InChI=1S/C35H43N9O2S/c1-19(24-8-6-16-42(24)3)44-33-26-23(40-44)11-10-20-12-15-34(2,45)18-43(20)32(26)38-31(39-33)28-21-7-4-13-35(29(21)46-41-28)14-5-9-25-27(35)22(17-36)30(37)47-25/h19-20,24,45H,4-16,18,37H2,1-3H3/t19-,20-,24-,34+,35-/m0/s1. The monoisotopic (exact) mass is 653 g/mol. The number of aryl methyl sites for hydroxylation is 2. The lowest BCUT2D eigenvalue weighted by Crippen LogP contribution is -2.51. The summed E-state index contributed by atoms with van der Waals surface area (Å²) in [6.07, 6.45) is 11.4. The first-order valence-corrected chi connectivity index (χ1v) is 18.3. The topological polar surface area (TPSA) is 146 Å². The van der Waals surface area contributed by atoms with Crippen LogP contribution in [0.1, 0.15) is 111 Å². The third-order valence-electron chi connectivity index (χ3n) is 12.1. The second kappa shape index (κ2) is 10.5. The molecule has 4 aromatic heterocycles. The Labute approximate surface area is 278 Å². The fraction of sp³-hybridized carbons (Fsp3) is 0.629. The summed E-state index contributed by atoms with van der Waals surface area (Å²) in [7, 11) is 2.21. The van der Waals surface area contributed by atoms with Gasteiger partial charge in [-0.3, -0.25) is 0 Å². The number of likely N-dealkylation sites (tertiary alicyclic amines) is 1. The Bertz CT molecular complexity index is 1950. The zero-order valence-electron chi connectivity index (χ0n) is 27.6. The van der Waals surface area contributed by atoms with Gasteiger partial charge in [0.2, 0.25) is 0 Å². The molecule has 3 aliphatic heterocycles. The first-order chi connectivity index (χ1) is 22.7. The number of nitrogens with zero attached hydrogens (tertiary/aromatic N) is 8. The van der Waals surface area contributed by atoms with Crippen LogP contribution in [0.25, 0.3) is 22.6 Å². The summed E-state index contributed by atoms with van der Waals surface area (Å²) in [4.78, 5) is 16.7. The van der Waals surface area contributed by atoms with E-state index in [9.17, 15) is 10.4 Å². The molecule has 11 nitrogen and oxygen atoms in total. The van der Waals surface area contributed by atoms with Gasteiger partial charge in [0, 0.05) is 29.1 Å². The van der Waals surface area contributed by atoms with E-state index in [-0.39, 0.29) is 12.1 Å². The predicted molar refractivity (Wildman–Crippen MR) is 181 cm³/mol. The maximum Gasteiger partial charge on any atom is 0.186 e. The number of nitrogens with two attached hydrogens (primary N) is 1. The first-order valence-electron chi connectivity index (χ1n) is 17.5. The lowest BCUT2D eigenvalue weighted by atomic mass is 9.63. The lowest BCUT2D eigenvalue weighted by Gasteiger charge is -2.43. The van der Waals surface area contributed by atoms with Crippen LogP contribution in [-0.2, 0) is 24.7 Å². The smallest absolute Gasteiger partial charge is 0.186 e. The van der Waals surface area contributed by atoms with E-state index < -0.39 is 11.0 Å². The number of fused-ring (bicyclic) bond motifs is 6. The maximum absolute atomic E-state index is 11.3. The third kappa shape index (κ3) is 4.28. The van der Waals surface area contributed by atoms with Gasteiger partial charge in [-0.1, -0.05) is 5.16 Å². The van der Waals surface area contributed by atoms with Crippen LogP contribution >= 0.6 is 11.3 Å². The van der Waals surface area contributed by atoms with Crippen molar-refractivity contribution in [2.75, 3.05) is 30.8 Å². The maximum atomic E-state index is 11.3. The quantitative estimate of drug-likeness (QED) is 0.300. The van der Waals surface area contributed by atoms with Crippen molar-refractivity contribution in [2.45, 2.75) is 120 Å². The summed E-state index contributed by atoms with van der Waals surface area (Å²) in [6.45, 7) is 5.82. The van der Waals surface area contributed by atoms with Crippen molar-refractivity contribution in [3.63, 3.8) is 0 Å². The van der Waals surface area contributed by atoms with Crippen molar-refractivity contribution in [1.29, 1.82) is 5.26 Å². The molecule has 246 valence electrons. The molecule has 0 amide bonds. The molecule has 2 saturated heterocycles. The molecular weight excluding hydrogens is 611 g/mol. The molecule has 7 heterocycles. The molecule has 2 aliphatic carbocycles. The van der Waals surface area contributed by atoms with Gasteiger partial charge in [-0.05, 0) is 110 Å². The van der Waals surface area contributed by atoms with E-state index in [1.54, 1.807) is 11.3 Å². The van der Waals surface area contributed by atoms with Crippen molar-refractivity contribution in [2.24, 2.45) is 0 Å². The number of aromatic nitrogens is 5. The molecule has 3 N–H and O–H groups in total. The summed E-state index contributed by atoms with van der Waals surface area (Å²) in [6, 6.07) is 3.23. The minimum Gasteiger partial charge on any atom is -0.389 e. The molecule has 0 unspecified atom stereocenters. The molecule has 1 spiro atoms. The minimum atomic E-state index is -0.798. The van der Waals surface area contributed by atoms with Gasteiger partial charge in [0.1, 0.15) is 16.9 Å². The van der Waals surface area contributed by atoms with Gasteiger partial charge in [0.05, 0.1) is 33.7 Å². The summed E-state index contributed by atoms with van der Waals surface area (Å²) in [5.41, 5.74) is 10.5. The van der Waals surface area contributed by atoms with Crippen molar-refractivity contribution >= 4 is 33.2 Å². The number of nitriles is 1. The molecule has 0 saturated carbocycles. The van der Waals surface area contributed by atoms with Gasteiger partial charge in [0.15, 0.2) is 22.9 Å². The van der Waals surface area contributed by atoms with Crippen LogP contribution in [-0.4, -0.2) is 72.7 Å². The summed E-state index contributed by atoms with van der Waals surface area (Å²) < 4.78 is 8.54. The number of likely N-dealkylation sites (N-methyl/N-ethyl adjacent to an activating group) is 1. The number of hydrogen-bond donors (Lipinski definition) is 2. The molecule has 0 bridgehead atoms. The van der Waals surface area contributed by atoms with E-state index in [1.165, 1.54) is 11.3 Å². The van der Waals surface area contributed by atoms with Crippen LogP contribution in [0.2, 0.25) is 0 Å². The van der Waals surface area contributed by atoms with E-state index in [0.29, 0.717) is 34.7 Å². The second-order valence-corrected chi connectivity index (χ2v) is 16.3. The molecule has 5 atom stereocenters. The van der Waals surface area contributed by atoms with E-state index in [4.69, 9.17) is 30.5 Å². The van der Waals surface area contributed by atoms with Crippen LogP contribution in [0.4, 0.5) is 10.8 Å². The largest absolute Gasteiger partial charge is 0.389 e. The average molecular weight is 654 g/mol. The molecule has 2 fully saturated rings. The Kier molecular flexibility index (Phi) is 6.60. The van der Waals surface area contributed by atoms with Gasteiger partial charge in [-0.25, -0.2) is 14.6 Å². The molecule has 5 aliphatic rings. The Morgan fingerprint density at radius 2 is 1.94 bits per heavy atom. The van der Waals surface area contributed by atoms with Gasteiger partial charge in [-0.2, -0.15) is 10.4 Å². The fourth-order valence-corrected chi connectivity index (χ4v) is 11.0. The highest BCUT2D eigenvalue weighted by molar-refractivity contribution is 7.16. The van der Waals surface area contributed by atoms with Gasteiger partial charge in [0.25, 0.3) is 0 Å². The van der Waals surface area contributed by atoms with Crippen molar-refractivity contribution in [1.82, 2.24) is 29.8 Å². The minimum absolute atomic E-state index is 0.137. The predicted octanol–water partition coefficient (Wildman–Crippen LogP) is 5.28. The second-order valence-electron chi connectivity index (χ2n) is 15.1. The SMILES string of the molecule is C[C@@H]([C@@H]1CCCN1C)n1nc2c3c(nc(-c4noc5c4CCC[C@@]54CCCc5sc(N)c(C#N)c54)nc31)N1C[C@](C)(O)CC[C@@H]1CC2. The van der Waals surface area contributed by atoms with Crippen LogP contribution in [0, 0.1) is 11.3 Å². The van der Waals surface area contributed by atoms with Crippen molar-refractivity contribution in [3.05, 3.63) is 33.0 Å². The molecule has 0 aromatic carbocycles. The van der Waals surface area contributed by atoms with Gasteiger partial charge < -0.3 is 25.2 Å². The third-order valence-corrected chi connectivity index (χ3v) is 13.2. The van der Waals surface area contributed by atoms with Gasteiger partial charge in [-0.15, -0.1) is 11.3 Å². The molecule has 0 radical (unpaired) electrons. The first kappa shape index (κ1) is 29.6. The molecular formula is C35H43N9O2S. The molecule has 9 rings (SSSR count). The van der Waals surface area contributed by atoms with E-state index in [0.717, 1.165) is 117 Å². The van der Waals surface area contributed by atoms with Crippen molar-refractivity contribution < 1.29 is 9.63 Å². The number of thiophene rings is 1. The zero-order chi connectivity index (χ0) is 32.2. The van der Waals surface area contributed by atoms with Crippen LogP contribution in [0.15, 0.2) is 4.52 Å². The van der Waals surface area contributed by atoms with E-state index >= 15 is 0 Å². The molecule has 12 heteroatoms. The number of nitrogen functional groups attached to an aromatic ring is 1. The Balaban J connectivity index is 1.24. The lowest BCUT2D eigenvalue weighted by molar-refractivity contribution is 0.0357. The number of rotatable bonds is 3. The highest BCUT2D eigenvalue weighted by Gasteiger charge is 2.49. The highest BCUT2D eigenvalue weighted by Crippen LogP contribution is 2.55. The summed E-state index contributed by atoms with van der Waals surface area (Å²) >= 11 is 1.56. The number of hydrogen-bond acceptors (Lipinski definition) is 11. The van der Waals surface area contributed by atoms with Crippen LogP contribution in [0.3, 0.4) is 0 Å². The Morgan fingerprint density at radius 3 is 2.72 bits per heavy atom. The Hall–Kier alpha value is -3.53. The number of piperidine rings is 1. The highest BCUT2D eigenvalue weighted by atomic mass is 32.1. The van der Waals surface area contributed by atoms with E-state index in [2.05, 4.69) is 34.5 Å². The number of aliphatic hydroxyl groups is 1. The summed E-state index contributed by atoms with van der Waals surface area (Å²) in [5, 5.41) is 33.1. The van der Waals surface area contributed by atoms with Crippen molar-refractivity contribution in [3.8, 4) is 17.6 Å². The molecule has 4 aromatic rings. The zero-order valence-corrected chi connectivity index (χ0v) is 28.4. The molecule has 47 heavy (non-hydrogen) atoms. The summed E-state index contributed by atoms with van der Waals surface area (Å²) in [5.74, 6) is 2.28. The van der Waals surface area contributed by atoms with Crippen LogP contribution < -0.4 is 10.6 Å². The van der Waals surface area contributed by atoms with Gasteiger partial charge >= 0.3 is 0 Å². The Morgan fingerprint density at radius 1 is 1.11 bits per heavy atom. The van der Waals surface area contributed by atoms with Crippen LogP contribution in [0.5, 0.6) is 0 Å². The fourth-order valence-electron chi connectivity index (χ4n) is 9.85. The van der Waals surface area contributed by atoms with E-state index in [1.807, 2.05) is 6.92 Å². The average Bonchev–Trinajstić information content (AvgIpc) is 3.82.